The molecule has 1 amide bonds. The zero-order valence-corrected chi connectivity index (χ0v) is 8.65. The van der Waals surface area contributed by atoms with Gasteiger partial charge in [-0.25, -0.2) is 0 Å². The number of likely N-dealkylation sites (N-methyl/N-ethyl adjacent to an activating group) is 1. The minimum atomic E-state index is -0.528. The van der Waals surface area contributed by atoms with Crippen molar-refractivity contribution in [2.45, 2.75) is 20.0 Å². The summed E-state index contributed by atoms with van der Waals surface area (Å²) in [5, 5.41) is 9.10. The molecule has 1 heterocycles. The first kappa shape index (κ1) is 10.8. The summed E-state index contributed by atoms with van der Waals surface area (Å²) in [6, 6.07) is 3.37. The lowest BCUT2D eigenvalue weighted by Gasteiger charge is -2.17. The number of hydrogen-bond donors (Lipinski definition) is 1. The lowest BCUT2D eigenvalue weighted by Crippen LogP contribution is -2.32. The minimum absolute atomic E-state index is 0.209. The van der Waals surface area contributed by atoms with E-state index >= 15 is 0 Å². The van der Waals surface area contributed by atoms with Crippen LogP contribution in [0.15, 0.2) is 16.5 Å². The molecule has 4 nitrogen and oxygen atoms in total. The average Bonchev–Trinajstić information content (AvgIpc) is 2.49. The Hall–Kier alpha value is -1.29. The fourth-order valence-corrected chi connectivity index (χ4v) is 1.22. The maximum Gasteiger partial charge on any atom is 0.289 e. The smallest absolute Gasteiger partial charge is 0.289 e. The molecule has 1 aromatic heterocycles. The third-order valence-electron chi connectivity index (χ3n) is 1.84. The van der Waals surface area contributed by atoms with Gasteiger partial charge in [0.25, 0.3) is 5.91 Å². The molecule has 0 radical (unpaired) electrons. The maximum absolute atomic E-state index is 11.6. The van der Waals surface area contributed by atoms with Crippen LogP contribution < -0.4 is 0 Å². The number of aliphatic hydroxyl groups excluding tert-OH is 1. The predicted octanol–water partition coefficient (Wildman–Crippen LogP) is 1.04. The number of aryl methyl sites for hydroxylation is 1. The topological polar surface area (TPSA) is 53.7 Å². The third-order valence-corrected chi connectivity index (χ3v) is 1.84. The molecule has 0 aliphatic rings. The Morgan fingerprint density at radius 2 is 2.29 bits per heavy atom. The number of rotatable bonds is 3. The van der Waals surface area contributed by atoms with Gasteiger partial charge in [0.15, 0.2) is 5.76 Å². The third kappa shape index (κ3) is 2.60. The summed E-state index contributed by atoms with van der Waals surface area (Å²) in [7, 11) is 1.63. The van der Waals surface area contributed by atoms with E-state index in [-0.39, 0.29) is 5.91 Å². The summed E-state index contributed by atoms with van der Waals surface area (Å²) in [5.41, 5.74) is 0. The number of amides is 1. The fraction of sp³-hybridized carbons (Fsp3) is 0.500. The molecular weight excluding hydrogens is 182 g/mol. The van der Waals surface area contributed by atoms with Gasteiger partial charge in [0.1, 0.15) is 5.76 Å². The molecule has 78 valence electrons. The minimum Gasteiger partial charge on any atom is -0.456 e. The van der Waals surface area contributed by atoms with Crippen LogP contribution in [0.1, 0.15) is 23.2 Å². The van der Waals surface area contributed by atoms with Crippen LogP contribution in [0.2, 0.25) is 0 Å². The highest BCUT2D eigenvalue weighted by Gasteiger charge is 2.16. The van der Waals surface area contributed by atoms with Crippen molar-refractivity contribution < 1.29 is 14.3 Å². The Morgan fingerprint density at radius 1 is 1.64 bits per heavy atom. The fourth-order valence-electron chi connectivity index (χ4n) is 1.22. The molecule has 1 rings (SSSR count). The molecule has 1 aromatic rings. The number of aliphatic hydroxyl groups is 1. The van der Waals surface area contributed by atoms with Crippen LogP contribution in [0, 0.1) is 6.92 Å². The van der Waals surface area contributed by atoms with E-state index in [0.29, 0.717) is 18.1 Å². The van der Waals surface area contributed by atoms with E-state index in [4.69, 9.17) is 9.52 Å². The van der Waals surface area contributed by atoms with Gasteiger partial charge in [-0.05, 0) is 26.0 Å². The highest BCUT2D eigenvalue weighted by atomic mass is 16.3. The maximum atomic E-state index is 11.6. The second-order valence-corrected chi connectivity index (χ2v) is 3.44. The largest absolute Gasteiger partial charge is 0.456 e. The molecule has 0 aliphatic heterocycles. The molecular formula is C10H15NO3. The van der Waals surface area contributed by atoms with Gasteiger partial charge in [-0.1, -0.05) is 0 Å². The van der Waals surface area contributed by atoms with Gasteiger partial charge in [0.2, 0.25) is 0 Å². The van der Waals surface area contributed by atoms with Crippen molar-refractivity contribution >= 4 is 5.91 Å². The van der Waals surface area contributed by atoms with E-state index < -0.39 is 6.10 Å². The summed E-state index contributed by atoms with van der Waals surface area (Å²) in [6.45, 7) is 3.72. The van der Waals surface area contributed by atoms with Crippen LogP contribution >= 0.6 is 0 Å². The van der Waals surface area contributed by atoms with Crippen molar-refractivity contribution in [2.75, 3.05) is 13.6 Å². The molecule has 1 atom stereocenters. The second-order valence-electron chi connectivity index (χ2n) is 3.44. The Kier molecular flexibility index (Phi) is 3.30. The zero-order chi connectivity index (χ0) is 10.7. The lowest BCUT2D eigenvalue weighted by atomic mass is 10.3. The van der Waals surface area contributed by atoms with Crippen molar-refractivity contribution in [2.24, 2.45) is 0 Å². The van der Waals surface area contributed by atoms with E-state index in [1.54, 1.807) is 33.0 Å². The van der Waals surface area contributed by atoms with Gasteiger partial charge in [0, 0.05) is 13.6 Å². The first-order valence-corrected chi connectivity index (χ1v) is 4.50. The number of nitrogens with zero attached hydrogens (tertiary/aromatic N) is 1. The van der Waals surface area contributed by atoms with Crippen LogP contribution in [0.3, 0.4) is 0 Å². The van der Waals surface area contributed by atoms with Crippen LogP contribution in [-0.4, -0.2) is 35.6 Å². The lowest BCUT2D eigenvalue weighted by molar-refractivity contribution is 0.0672. The highest BCUT2D eigenvalue weighted by Crippen LogP contribution is 2.08. The standard InChI is InChI=1S/C10H15NO3/c1-7(12)6-11(3)10(13)9-5-4-8(2)14-9/h4-5,7,12H,6H2,1-3H3. The van der Waals surface area contributed by atoms with E-state index in [2.05, 4.69) is 0 Å². The average molecular weight is 197 g/mol. The van der Waals surface area contributed by atoms with E-state index in [1.807, 2.05) is 0 Å². The molecule has 0 fully saturated rings. The van der Waals surface area contributed by atoms with Crippen molar-refractivity contribution in [1.29, 1.82) is 0 Å². The molecule has 0 saturated heterocycles. The summed E-state index contributed by atoms with van der Waals surface area (Å²) in [5.74, 6) is 0.809. The Morgan fingerprint density at radius 3 is 2.71 bits per heavy atom. The van der Waals surface area contributed by atoms with Crippen molar-refractivity contribution in [3.63, 3.8) is 0 Å². The molecule has 14 heavy (non-hydrogen) atoms. The Bertz CT molecular complexity index is 317. The first-order chi connectivity index (χ1) is 6.50. The highest BCUT2D eigenvalue weighted by molar-refractivity contribution is 5.91. The van der Waals surface area contributed by atoms with Crippen LogP contribution in [0.25, 0.3) is 0 Å². The van der Waals surface area contributed by atoms with Gasteiger partial charge in [0.05, 0.1) is 6.10 Å². The van der Waals surface area contributed by atoms with Gasteiger partial charge < -0.3 is 14.4 Å². The SMILES string of the molecule is Cc1ccc(C(=O)N(C)CC(C)O)o1. The summed E-state index contributed by atoms with van der Waals surface area (Å²) in [4.78, 5) is 13.0. The van der Waals surface area contributed by atoms with Crippen molar-refractivity contribution in [3.05, 3.63) is 23.7 Å². The Labute approximate surface area is 83.1 Å². The molecule has 0 spiro atoms. The summed E-state index contributed by atoms with van der Waals surface area (Å²) < 4.78 is 5.18. The van der Waals surface area contributed by atoms with Crippen molar-refractivity contribution in [3.8, 4) is 0 Å². The summed E-state index contributed by atoms with van der Waals surface area (Å²) >= 11 is 0. The molecule has 4 heteroatoms. The predicted molar refractivity (Wildman–Crippen MR) is 52.1 cm³/mol. The van der Waals surface area contributed by atoms with Crippen LogP contribution in [0.4, 0.5) is 0 Å². The number of hydrogen-bond acceptors (Lipinski definition) is 3. The van der Waals surface area contributed by atoms with Gasteiger partial charge in [-0.3, -0.25) is 4.79 Å². The normalized spacial score (nSPS) is 12.6. The van der Waals surface area contributed by atoms with Gasteiger partial charge in [-0.15, -0.1) is 0 Å². The number of furan rings is 1. The van der Waals surface area contributed by atoms with E-state index in [0.717, 1.165) is 0 Å². The molecule has 1 unspecified atom stereocenters. The zero-order valence-electron chi connectivity index (χ0n) is 8.65. The van der Waals surface area contributed by atoms with Gasteiger partial charge in [-0.2, -0.15) is 0 Å². The summed E-state index contributed by atoms with van der Waals surface area (Å²) in [6.07, 6.45) is -0.528. The number of carbonyl (C=O) groups excluding carboxylic acids is 1. The van der Waals surface area contributed by atoms with Crippen LogP contribution in [-0.2, 0) is 0 Å². The Balaban J connectivity index is 2.65. The second kappa shape index (κ2) is 4.28. The first-order valence-electron chi connectivity index (χ1n) is 4.50. The monoisotopic (exact) mass is 197 g/mol. The van der Waals surface area contributed by atoms with E-state index in [1.165, 1.54) is 4.90 Å². The van der Waals surface area contributed by atoms with E-state index in [9.17, 15) is 4.79 Å². The molecule has 0 aliphatic carbocycles. The quantitative estimate of drug-likeness (QED) is 0.787. The van der Waals surface area contributed by atoms with Gasteiger partial charge >= 0.3 is 0 Å². The molecule has 0 bridgehead atoms. The van der Waals surface area contributed by atoms with Crippen molar-refractivity contribution in [1.82, 2.24) is 4.90 Å². The molecule has 0 saturated carbocycles. The number of carbonyl (C=O) groups is 1. The van der Waals surface area contributed by atoms with Crippen LogP contribution in [0.5, 0.6) is 0 Å². The molecule has 0 aromatic carbocycles. The molecule has 1 N–H and O–H groups in total.